The molecule has 3 heterocycles. The maximum atomic E-state index is 13.0. The van der Waals surface area contributed by atoms with Crippen LogP contribution < -0.4 is 0 Å². The SMILES string of the molecule is O=C(c1cn(Cc2ccccc2)c2ncc3[nH]cnc3c12)C(F)(F)F. The van der Waals surface area contributed by atoms with Gasteiger partial charge in [-0.25, -0.2) is 9.97 Å². The highest BCUT2D eigenvalue weighted by atomic mass is 19.4. The number of hydrogen-bond acceptors (Lipinski definition) is 3. The molecule has 0 aliphatic heterocycles. The van der Waals surface area contributed by atoms with Gasteiger partial charge >= 0.3 is 6.18 Å². The van der Waals surface area contributed by atoms with E-state index in [1.807, 2.05) is 30.3 Å². The molecule has 0 atom stereocenters. The predicted octanol–water partition coefficient (Wildman–Crippen LogP) is 3.71. The van der Waals surface area contributed by atoms with Gasteiger partial charge < -0.3 is 9.55 Å². The van der Waals surface area contributed by atoms with Crippen molar-refractivity contribution in [2.45, 2.75) is 12.7 Å². The zero-order chi connectivity index (χ0) is 17.6. The minimum Gasteiger partial charge on any atom is -0.343 e. The molecule has 8 heteroatoms. The van der Waals surface area contributed by atoms with Crippen LogP contribution in [0, 0.1) is 0 Å². The molecule has 0 aliphatic carbocycles. The largest absolute Gasteiger partial charge is 0.454 e. The summed E-state index contributed by atoms with van der Waals surface area (Å²) in [5, 5.41) is 0.108. The Labute approximate surface area is 139 Å². The molecule has 1 aromatic carbocycles. The molecule has 0 saturated carbocycles. The number of nitrogens with zero attached hydrogens (tertiary/aromatic N) is 3. The summed E-state index contributed by atoms with van der Waals surface area (Å²) >= 11 is 0. The number of imidazole rings is 1. The number of rotatable bonds is 3. The first-order valence-corrected chi connectivity index (χ1v) is 7.41. The van der Waals surface area contributed by atoms with Crippen molar-refractivity contribution >= 4 is 27.9 Å². The Morgan fingerprint density at radius 2 is 1.92 bits per heavy atom. The van der Waals surface area contributed by atoms with Crippen LogP contribution in [0.5, 0.6) is 0 Å². The second-order valence-electron chi connectivity index (χ2n) is 5.60. The van der Waals surface area contributed by atoms with E-state index in [-0.39, 0.29) is 11.0 Å². The predicted molar refractivity (Wildman–Crippen MR) is 85.3 cm³/mol. The van der Waals surface area contributed by atoms with Crippen molar-refractivity contribution in [1.29, 1.82) is 0 Å². The fourth-order valence-corrected chi connectivity index (χ4v) is 2.87. The number of carbonyl (C=O) groups excluding carboxylic acids is 1. The van der Waals surface area contributed by atoms with E-state index in [0.29, 0.717) is 17.6 Å². The number of alkyl halides is 3. The summed E-state index contributed by atoms with van der Waals surface area (Å²) in [4.78, 5) is 23.0. The number of aromatic nitrogens is 4. The highest BCUT2D eigenvalue weighted by Crippen LogP contribution is 2.31. The van der Waals surface area contributed by atoms with Gasteiger partial charge in [-0.3, -0.25) is 4.79 Å². The summed E-state index contributed by atoms with van der Waals surface area (Å²) in [6.45, 7) is 0.297. The van der Waals surface area contributed by atoms with Gasteiger partial charge in [-0.2, -0.15) is 13.2 Å². The second-order valence-corrected chi connectivity index (χ2v) is 5.60. The van der Waals surface area contributed by atoms with Gasteiger partial charge in [0.15, 0.2) is 0 Å². The molecule has 25 heavy (non-hydrogen) atoms. The van der Waals surface area contributed by atoms with Gasteiger partial charge in [-0.1, -0.05) is 30.3 Å². The first-order valence-electron chi connectivity index (χ1n) is 7.41. The second kappa shape index (κ2) is 5.44. The zero-order valence-corrected chi connectivity index (χ0v) is 12.7. The number of aromatic amines is 1. The molecule has 0 radical (unpaired) electrons. The van der Waals surface area contributed by atoms with E-state index in [1.54, 1.807) is 0 Å². The molecule has 0 aliphatic rings. The third-order valence-electron chi connectivity index (χ3n) is 3.97. The molecule has 4 aromatic rings. The fraction of sp³-hybridized carbons (Fsp3) is 0.118. The van der Waals surface area contributed by atoms with Crippen LogP contribution in [0.25, 0.3) is 22.1 Å². The van der Waals surface area contributed by atoms with E-state index < -0.39 is 17.5 Å². The zero-order valence-electron chi connectivity index (χ0n) is 12.7. The average Bonchev–Trinajstić information content (AvgIpc) is 3.18. The Bertz CT molecular complexity index is 1080. The average molecular weight is 344 g/mol. The quantitative estimate of drug-likeness (QED) is 0.576. The number of carbonyl (C=O) groups is 1. The van der Waals surface area contributed by atoms with Crippen LogP contribution in [-0.2, 0) is 6.54 Å². The fourth-order valence-electron chi connectivity index (χ4n) is 2.87. The molecule has 5 nitrogen and oxygen atoms in total. The normalized spacial score (nSPS) is 12.1. The van der Waals surface area contributed by atoms with E-state index in [9.17, 15) is 18.0 Å². The Morgan fingerprint density at radius 3 is 2.64 bits per heavy atom. The molecule has 0 amide bonds. The van der Waals surface area contributed by atoms with Crippen molar-refractivity contribution < 1.29 is 18.0 Å². The molecule has 126 valence electrons. The maximum Gasteiger partial charge on any atom is 0.454 e. The van der Waals surface area contributed by atoms with Gasteiger partial charge in [-0.05, 0) is 5.56 Å². The smallest absolute Gasteiger partial charge is 0.343 e. The van der Waals surface area contributed by atoms with Crippen molar-refractivity contribution in [3.8, 4) is 0 Å². The number of benzene rings is 1. The van der Waals surface area contributed by atoms with Crippen LogP contribution in [0.2, 0.25) is 0 Å². The molecule has 0 unspecified atom stereocenters. The van der Waals surface area contributed by atoms with E-state index >= 15 is 0 Å². The summed E-state index contributed by atoms with van der Waals surface area (Å²) < 4.78 is 40.6. The topological polar surface area (TPSA) is 63.6 Å². The Hall–Kier alpha value is -3.16. The van der Waals surface area contributed by atoms with Gasteiger partial charge in [0, 0.05) is 12.7 Å². The first-order chi connectivity index (χ1) is 11.9. The van der Waals surface area contributed by atoms with Crippen LogP contribution in [0.15, 0.2) is 49.1 Å². The summed E-state index contributed by atoms with van der Waals surface area (Å²) in [5.41, 5.74) is 1.50. The van der Waals surface area contributed by atoms with E-state index in [0.717, 1.165) is 5.56 Å². The number of halogens is 3. The highest BCUT2D eigenvalue weighted by Gasteiger charge is 2.41. The number of H-pyrrole nitrogens is 1. The Balaban J connectivity index is 1.97. The molecule has 4 rings (SSSR count). The third-order valence-corrected chi connectivity index (χ3v) is 3.97. The van der Waals surface area contributed by atoms with E-state index in [2.05, 4.69) is 15.0 Å². The van der Waals surface area contributed by atoms with Crippen LogP contribution >= 0.6 is 0 Å². The summed E-state index contributed by atoms with van der Waals surface area (Å²) in [6, 6.07) is 9.22. The molecule has 0 saturated heterocycles. The van der Waals surface area contributed by atoms with Crippen molar-refractivity contribution in [2.24, 2.45) is 0 Å². The molecule has 1 N–H and O–H groups in total. The van der Waals surface area contributed by atoms with E-state index in [1.165, 1.54) is 23.3 Å². The van der Waals surface area contributed by atoms with Gasteiger partial charge in [0.1, 0.15) is 11.2 Å². The monoisotopic (exact) mass is 344 g/mol. The molecule has 3 aromatic heterocycles. The number of hydrogen-bond donors (Lipinski definition) is 1. The lowest BCUT2D eigenvalue weighted by Gasteiger charge is -2.04. The number of fused-ring (bicyclic) bond motifs is 3. The lowest BCUT2D eigenvalue weighted by atomic mass is 10.1. The molecular formula is C17H11F3N4O. The summed E-state index contributed by atoms with van der Waals surface area (Å²) in [5.74, 6) is -1.90. The summed E-state index contributed by atoms with van der Waals surface area (Å²) in [6.07, 6.45) is -0.908. The van der Waals surface area contributed by atoms with Crippen LogP contribution in [0.4, 0.5) is 13.2 Å². The lowest BCUT2D eigenvalue weighted by Crippen LogP contribution is -2.22. The maximum absolute atomic E-state index is 13.0. The van der Waals surface area contributed by atoms with E-state index in [4.69, 9.17) is 0 Å². The van der Waals surface area contributed by atoms with Gasteiger partial charge in [0.05, 0.1) is 29.0 Å². The minimum absolute atomic E-state index is 0.108. The number of Topliss-reactive ketones (excluding diaryl/α,β-unsaturated/α-hetero) is 1. The number of pyridine rings is 1. The third kappa shape index (κ3) is 2.55. The summed E-state index contributed by atoms with van der Waals surface area (Å²) in [7, 11) is 0. The highest BCUT2D eigenvalue weighted by molar-refractivity contribution is 6.16. The van der Waals surface area contributed by atoms with Crippen molar-refractivity contribution in [3.63, 3.8) is 0 Å². The minimum atomic E-state index is -4.97. The molecule has 0 fully saturated rings. The number of nitrogens with one attached hydrogen (secondary N) is 1. The van der Waals surface area contributed by atoms with Gasteiger partial charge in [0.2, 0.25) is 0 Å². The molecule has 0 spiro atoms. The van der Waals surface area contributed by atoms with Crippen LogP contribution in [0.1, 0.15) is 15.9 Å². The molecular weight excluding hydrogens is 333 g/mol. The van der Waals surface area contributed by atoms with Crippen molar-refractivity contribution in [2.75, 3.05) is 0 Å². The van der Waals surface area contributed by atoms with Gasteiger partial charge in [-0.15, -0.1) is 0 Å². The van der Waals surface area contributed by atoms with Gasteiger partial charge in [0.25, 0.3) is 5.78 Å². The lowest BCUT2D eigenvalue weighted by molar-refractivity contribution is -0.0884. The standard InChI is InChI=1S/C17H11F3N4O/c18-17(19,20)15(25)11-8-24(7-10-4-2-1-3-5-10)16-13(11)14-12(6-21-16)22-9-23-14/h1-6,8-9H,7H2,(H,22,23). The molecule has 0 bridgehead atoms. The Morgan fingerprint density at radius 1 is 1.16 bits per heavy atom. The van der Waals surface area contributed by atoms with Crippen molar-refractivity contribution in [3.05, 3.63) is 60.2 Å². The Kier molecular flexibility index (Phi) is 3.34. The van der Waals surface area contributed by atoms with Crippen molar-refractivity contribution in [1.82, 2.24) is 19.5 Å². The number of ketones is 1. The van der Waals surface area contributed by atoms with Crippen LogP contribution in [0.3, 0.4) is 0 Å². The van der Waals surface area contributed by atoms with Crippen LogP contribution in [-0.4, -0.2) is 31.5 Å². The first kappa shape index (κ1) is 15.4.